The molecule has 26 heavy (non-hydrogen) atoms. The molecule has 1 saturated heterocycles. The van der Waals surface area contributed by atoms with Crippen LogP contribution in [0.1, 0.15) is 30.0 Å². The van der Waals surface area contributed by atoms with Crippen LogP contribution in [0.4, 0.5) is 8.78 Å². The Hall–Kier alpha value is -2.27. The number of carbonyl (C=O) groups excluding carboxylic acids is 1. The smallest absolute Gasteiger partial charge is 0.233 e. The van der Waals surface area contributed by atoms with Crippen LogP contribution in [0.15, 0.2) is 48.5 Å². The van der Waals surface area contributed by atoms with E-state index in [1.807, 2.05) is 11.9 Å². The fourth-order valence-electron chi connectivity index (χ4n) is 3.98. The highest BCUT2D eigenvalue weighted by Gasteiger charge is 2.54. The maximum atomic E-state index is 14.3. The number of likely N-dealkylation sites (N-methyl/N-ethyl adjacent to an activating group) is 1. The van der Waals surface area contributed by atoms with E-state index in [4.69, 9.17) is 0 Å². The lowest BCUT2D eigenvalue weighted by Gasteiger charge is -2.41. The van der Waals surface area contributed by atoms with Crippen molar-refractivity contribution in [2.45, 2.75) is 24.3 Å². The first-order valence-corrected chi connectivity index (χ1v) is 9.01. The molecule has 1 saturated carbocycles. The Kier molecular flexibility index (Phi) is 4.27. The van der Waals surface area contributed by atoms with Gasteiger partial charge in [-0.25, -0.2) is 8.78 Å². The van der Waals surface area contributed by atoms with Crippen LogP contribution in [0.2, 0.25) is 0 Å². The van der Waals surface area contributed by atoms with E-state index in [0.29, 0.717) is 31.5 Å². The number of carbonyl (C=O) groups is 1. The number of amides is 1. The average Bonchev–Trinajstić information content (AvgIpc) is 3.44. The van der Waals surface area contributed by atoms with E-state index in [0.717, 1.165) is 12.1 Å². The van der Waals surface area contributed by atoms with Crippen LogP contribution >= 0.6 is 0 Å². The van der Waals surface area contributed by atoms with Crippen LogP contribution in [0, 0.1) is 11.6 Å². The van der Waals surface area contributed by atoms with Crippen molar-refractivity contribution in [2.24, 2.45) is 0 Å². The van der Waals surface area contributed by atoms with Gasteiger partial charge in [-0.15, -0.1) is 0 Å². The molecule has 1 unspecified atom stereocenters. The summed E-state index contributed by atoms with van der Waals surface area (Å²) in [7, 11) is 2.01. The van der Waals surface area contributed by atoms with E-state index in [9.17, 15) is 13.6 Å². The van der Waals surface area contributed by atoms with E-state index >= 15 is 0 Å². The van der Waals surface area contributed by atoms with Crippen molar-refractivity contribution in [1.29, 1.82) is 0 Å². The Labute approximate surface area is 152 Å². The summed E-state index contributed by atoms with van der Waals surface area (Å²) in [5, 5.41) is 0. The molecule has 0 N–H and O–H groups in total. The lowest BCUT2D eigenvalue weighted by Crippen LogP contribution is -2.51. The highest BCUT2D eigenvalue weighted by Crippen LogP contribution is 2.50. The number of nitrogens with zero attached hydrogens (tertiary/aromatic N) is 2. The summed E-state index contributed by atoms with van der Waals surface area (Å²) >= 11 is 0. The molecule has 2 aliphatic rings. The first-order valence-electron chi connectivity index (χ1n) is 9.01. The fraction of sp³-hybridized carbons (Fsp3) is 0.381. The van der Waals surface area contributed by atoms with Gasteiger partial charge in [-0.05, 0) is 43.7 Å². The molecule has 1 heterocycles. The number of benzene rings is 2. The summed E-state index contributed by atoms with van der Waals surface area (Å²) in [4.78, 5) is 17.3. The molecule has 0 bridgehead atoms. The molecular weight excluding hydrogens is 334 g/mol. The van der Waals surface area contributed by atoms with Gasteiger partial charge >= 0.3 is 0 Å². The van der Waals surface area contributed by atoms with Gasteiger partial charge in [-0.2, -0.15) is 0 Å². The molecule has 1 aliphatic heterocycles. The van der Waals surface area contributed by atoms with Crippen molar-refractivity contribution < 1.29 is 13.6 Å². The summed E-state index contributed by atoms with van der Waals surface area (Å²) in [6, 6.07) is 13.1. The zero-order chi connectivity index (χ0) is 18.3. The minimum atomic E-state index is -0.700. The van der Waals surface area contributed by atoms with E-state index in [-0.39, 0.29) is 23.6 Å². The van der Waals surface area contributed by atoms with Crippen molar-refractivity contribution in [3.63, 3.8) is 0 Å². The fourth-order valence-corrected chi connectivity index (χ4v) is 3.98. The lowest BCUT2D eigenvalue weighted by molar-refractivity contribution is -0.137. The van der Waals surface area contributed by atoms with Crippen molar-refractivity contribution in [3.05, 3.63) is 71.3 Å². The third-order valence-corrected chi connectivity index (χ3v) is 5.74. The van der Waals surface area contributed by atoms with Crippen LogP contribution in [0.5, 0.6) is 0 Å². The Balaban J connectivity index is 1.57. The Morgan fingerprint density at radius 1 is 1.04 bits per heavy atom. The Morgan fingerprint density at radius 3 is 2.38 bits per heavy atom. The molecule has 2 aromatic rings. The zero-order valence-electron chi connectivity index (χ0n) is 14.8. The predicted molar refractivity (Wildman–Crippen MR) is 95.7 cm³/mol. The SMILES string of the molecule is CN1CCN(C(=O)C2(c3ccccc3F)CC2)CC1c1ccc(F)cc1. The largest absolute Gasteiger partial charge is 0.339 e. The first-order chi connectivity index (χ1) is 12.5. The van der Waals surface area contributed by atoms with Gasteiger partial charge in [-0.3, -0.25) is 9.69 Å². The van der Waals surface area contributed by atoms with Gasteiger partial charge in [-0.1, -0.05) is 30.3 Å². The second-order valence-corrected chi connectivity index (χ2v) is 7.36. The van der Waals surface area contributed by atoms with Crippen LogP contribution in [0.25, 0.3) is 0 Å². The quantitative estimate of drug-likeness (QED) is 0.840. The molecule has 0 spiro atoms. The highest BCUT2D eigenvalue weighted by molar-refractivity contribution is 5.91. The number of piperazine rings is 1. The maximum Gasteiger partial charge on any atom is 0.233 e. The summed E-state index contributed by atoms with van der Waals surface area (Å²) < 4.78 is 27.5. The topological polar surface area (TPSA) is 23.6 Å². The van der Waals surface area contributed by atoms with E-state index in [1.165, 1.54) is 18.2 Å². The van der Waals surface area contributed by atoms with Crippen LogP contribution < -0.4 is 0 Å². The summed E-state index contributed by atoms with van der Waals surface area (Å²) in [6.45, 7) is 1.90. The number of halogens is 2. The van der Waals surface area contributed by atoms with Gasteiger partial charge in [0.2, 0.25) is 5.91 Å². The normalized spacial score (nSPS) is 22.3. The lowest BCUT2D eigenvalue weighted by atomic mass is 9.92. The minimum Gasteiger partial charge on any atom is -0.339 e. The molecule has 4 rings (SSSR count). The van der Waals surface area contributed by atoms with Gasteiger partial charge in [0.05, 0.1) is 11.5 Å². The highest BCUT2D eigenvalue weighted by atomic mass is 19.1. The monoisotopic (exact) mass is 356 g/mol. The zero-order valence-corrected chi connectivity index (χ0v) is 14.8. The Bertz CT molecular complexity index is 817. The molecule has 136 valence electrons. The first kappa shape index (κ1) is 17.2. The molecule has 1 atom stereocenters. The van der Waals surface area contributed by atoms with Gasteiger partial charge < -0.3 is 4.90 Å². The standard InChI is InChI=1S/C21H22F2N2O/c1-24-12-13-25(14-19(24)15-6-8-16(22)9-7-15)20(26)21(10-11-21)17-4-2-3-5-18(17)23/h2-9,19H,10-14H2,1H3. The van der Waals surface area contributed by atoms with Crippen molar-refractivity contribution in [3.8, 4) is 0 Å². The summed E-state index contributed by atoms with van der Waals surface area (Å²) in [5.74, 6) is -0.554. The molecule has 1 amide bonds. The third kappa shape index (κ3) is 2.90. The molecule has 3 nitrogen and oxygen atoms in total. The maximum absolute atomic E-state index is 14.3. The van der Waals surface area contributed by atoms with Gasteiger partial charge in [0, 0.05) is 25.2 Å². The number of hydrogen-bond donors (Lipinski definition) is 0. The molecule has 2 aromatic carbocycles. The van der Waals surface area contributed by atoms with E-state index < -0.39 is 5.41 Å². The number of hydrogen-bond acceptors (Lipinski definition) is 2. The second-order valence-electron chi connectivity index (χ2n) is 7.36. The molecule has 0 aromatic heterocycles. The average molecular weight is 356 g/mol. The van der Waals surface area contributed by atoms with Gasteiger partial charge in [0.15, 0.2) is 0 Å². The molecule has 0 radical (unpaired) electrons. The minimum absolute atomic E-state index is 0.0165. The van der Waals surface area contributed by atoms with Crippen molar-refractivity contribution >= 4 is 5.91 Å². The van der Waals surface area contributed by atoms with Crippen LogP contribution in [-0.4, -0.2) is 42.4 Å². The van der Waals surface area contributed by atoms with Crippen LogP contribution in [-0.2, 0) is 10.2 Å². The Morgan fingerprint density at radius 2 is 1.73 bits per heavy atom. The summed E-state index contributed by atoms with van der Waals surface area (Å²) in [6.07, 6.45) is 1.39. The predicted octanol–water partition coefficient (Wildman–Crippen LogP) is 3.51. The second kappa shape index (κ2) is 6.47. The van der Waals surface area contributed by atoms with Crippen molar-refractivity contribution in [1.82, 2.24) is 9.80 Å². The summed E-state index contributed by atoms with van der Waals surface area (Å²) in [5.41, 5.74) is 0.804. The molecule has 5 heteroatoms. The molecule has 2 fully saturated rings. The van der Waals surface area contributed by atoms with E-state index in [1.54, 1.807) is 30.3 Å². The van der Waals surface area contributed by atoms with Crippen LogP contribution in [0.3, 0.4) is 0 Å². The molecule has 1 aliphatic carbocycles. The molecular formula is C21H22F2N2O. The number of rotatable bonds is 3. The van der Waals surface area contributed by atoms with Gasteiger partial charge in [0.1, 0.15) is 11.6 Å². The van der Waals surface area contributed by atoms with Crippen molar-refractivity contribution in [2.75, 3.05) is 26.7 Å². The van der Waals surface area contributed by atoms with E-state index in [2.05, 4.69) is 4.90 Å². The van der Waals surface area contributed by atoms with Gasteiger partial charge in [0.25, 0.3) is 0 Å². The third-order valence-electron chi connectivity index (χ3n) is 5.74.